The van der Waals surface area contributed by atoms with Crippen molar-refractivity contribution in [2.45, 2.75) is 57.4 Å². The van der Waals surface area contributed by atoms with Crippen LogP contribution >= 0.6 is 11.8 Å². The molecule has 18 heavy (non-hydrogen) atoms. The topological polar surface area (TPSA) is 49.4 Å². The van der Waals surface area contributed by atoms with Gasteiger partial charge in [0.2, 0.25) is 11.8 Å². The molecule has 1 unspecified atom stereocenters. The van der Waals surface area contributed by atoms with Crippen molar-refractivity contribution in [2.24, 2.45) is 0 Å². The van der Waals surface area contributed by atoms with Crippen LogP contribution in [0, 0.1) is 0 Å². The van der Waals surface area contributed by atoms with Gasteiger partial charge in [0.25, 0.3) is 0 Å². The van der Waals surface area contributed by atoms with E-state index in [4.69, 9.17) is 0 Å². The molecule has 0 bridgehead atoms. The third-order valence-corrected chi connectivity index (χ3v) is 4.63. The van der Waals surface area contributed by atoms with Crippen LogP contribution in [-0.4, -0.2) is 45.8 Å². The highest BCUT2D eigenvalue weighted by molar-refractivity contribution is 7.99. The molecule has 1 aliphatic rings. The minimum absolute atomic E-state index is 0.0103. The minimum Gasteiger partial charge on any atom is -0.340 e. The van der Waals surface area contributed by atoms with Crippen LogP contribution < -0.4 is 5.32 Å². The molecular weight excluding hydrogens is 248 g/mol. The number of nitrogens with zero attached hydrogens (tertiary/aromatic N) is 1. The second-order valence-corrected chi connectivity index (χ2v) is 7.45. The van der Waals surface area contributed by atoms with Gasteiger partial charge in [0, 0.05) is 11.3 Å². The summed E-state index contributed by atoms with van der Waals surface area (Å²) in [5.74, 6) is -0.0323. The molecule has 104 valence electrons. The Kier molecular flexibility index (Phi) is 4.36. The van der Waals surface area contributed by atoms with E-state index in [1.807, 2.05) is 13.2 Å². The lowest BCUT2D eigenvalue weighted by Gasteiger charge is -2.45. The van der Waals surface area contributed by atoms with Gasteiger partial charge >= 0.3 is 0 Å². The van der Waals surface area contributed by atoms with E-state index in [1.165, 1.54) is 0 Å². The van der Waals surface area contributed by atoms with Crippen LogP contribution in [0.1, 0.15) is 41.0 Å². The van der Waals surface area contributed by atoms with E-state index in [2.05, 4.69) is 19.2 Å². The predicted octanol–water partition coefficient (Wildman–Crippen LogP) is 1.64. The highest BCUT2D eigenvalue weighted by Gasteiger charge is 2.45. The van der Waals surface area contributed by atoms with Gasteiger partial charge in [-0.2, -0.15) is 11.8 Å². The molecule has 4 nitrogen and oxygen atoms in total. The van der Waals surface area contributed by atoms with Crippen LogP contribution in [0.5, 0.6) is 0 Å². The van der Waals surface area contributed by atoms with Crippen molar-refractivity contribution in [3.63, 3.8) is 0 Å². The Balaban J connectivity index is 3.02. The van der Waals surface area contributed by atoms with Crippen LogP contribution in [0.15, 0.2) is 0 Å². The number of carbonyl (C=O) groups is 2. The molecule has 1 N–H and O–H groups in total. The Bertz CT molecular complexity index is 353. The minimum atomic E-state index is -0.794. The number of nitrogens with one attached hydrogen (secondary N) is 1. The highest BCUT2D eigenvalue weighted by Crippen LogP contribution is 2.27. The zero-order valence-electron chi connectivity index (χ0n) is 12.2. The standard InChI is InChI=1S/C13H24N2O2S/c1-7-9-10(16)14-13(4,5)11(17)15(9)8-12(2,3)18-6/h9H,7-8H2,1-6H3,(H,14,16). The lowest BCUT2D eigenvalue weighted by atomic mass is 9.94. The lowest BCUT2D eigenvalue weighted by Crippen LogP contribution is -2.69. The summed E-state index contributed by atoms with van der Waals surface area (Å²) in [5, 5.41) is 2.80. The van der Waals surface area contributed by atoms with Gasteiger partial charge in [-0.15, -0.1) is 0 Å². The number of hydrogen-bond donors (Lipinski definition) is 1. The molecule has 0 aromatic heterocycles. The summed E-state index contributed by atoms with van der Waals surface area (Å²) in [6.07, 6.45) is 2.68. The fraction of sp³-hybridized carbons (Fsp3) is 0.846. The number of piperazine rings is 1. The summed E-state index contributed by atoms with van der Waals surface area (Å²) in [7, 11) is 0. The first-order chi connectivity index (χ1) is 8.14. The number of rotatable bonds is 4. The number of amides is 2. The lowest BCUT2D eigenvalue weighted by molar-refractivity contribution is -0.153. The third kappa shape index (κ3) is 2.99. The SMILES string of the molecule is CCC1C(=O)NC(C)(C)C(=O)N1CC(C)(C)SC. The summed E-state index contributed by atoms with van der Waals surface area (Å²) in [6, 6.07) is -0.336. The molecule has 0 spiro atoms. The third-order valence-electron chi connectivity index (χ3n) is 3.40. The smallest absolute Gasteiger partial charge is 0.248 e. The Labute approximate surface area is 114 Å². The van der Waals surface area contributed by atoms with Crippen molar-refractivity contribution in [3.8, 4) is 0 Å². The molecule has 1 heterocycles. The van der Waals surface area contributed by atoms with E-state index in [9.17, 15) is 9.59 Å². The van der Waals surface area contributed by atoms with Gasteiger partial charge < -0.3 is 10.2 Å². The number of hydrogen-bond acceptors (Lipinski definition) is 3. The molecule has 0 aromatic carbocycles. The second-order valence-electron chi connectivity index (χ2n) is 5.94. The quantitative estimate of drug-likeness (QED) is 0.846. The zero-order chi connectivity index (χ0) is 14.1. The summed E-state index contributed by atoms with van der Waals surface area (Å²) in [6.45, 7) is 10.3. The summed E-state index contributed by atoms with van der Waals surface area (Å²) in [4.78, 5) is 26.3. The molecule has 1 aliphatic heterocycles. The van der Waals surface area contributed by atoms with Gasteiger partial charge in [-0.25, -0.2) is 0 Å². The molecule has 1 fully saturated rings. The molecule has 0 radical (unpaired) electrons. The Morgan fingerprint density at radius 2 is 1.94 bits per heavy atom. The van der Waals surface area contributed by atoms with E-state index < -0.39 is 5.54 Å². The van der Waals surface area contributed by atoms with E-state index in [0.29, 0.717) is 13.0 Å². The van der Waals surface area contributed by atoms with Gasteiger partial charge in [-0.05, 0) is 40.4 Å². The fourth-order valence-electron chi connectivity index (χ4n) is 2.15. The van der Waals surface area contributed by atoms with Crippen molar-refractivity contribution in [1.29, 1.82) is 0 Å². The first-order valence-corrected chi connectivity index (χ1v) is 7.55. The Morgan fingerprint density at radius 3 is 2.39 bits per heavy atom. The van der Waals surface area contributed by atoms with Crippen LogP contribution in [0.25, 0.3) is 0 Å². The summed E-state index contributed by atoms with van der Waals surface area (Å²) in [5.41, 5.74) is -0.794. The van der Waals surface area contributed by atoms with E-state index in [-0.39, 0.29) is 22.6 Å². The maximum atomic E-state index is 12.5. The van der Waals surface area contributed by atoms with Gasteiger partial charge in [0.1, 0.15) is 11.6 Å². The molecule has 1 rings (SSSR count). The van der Waals surface area contributed by atoms with Crippen molar-refractivity contribution in [3.05, 3.63) is 0 Å². The molecular formula is C13H24N2O2S. The predicted molar refractivity (Wildman–Crippen MR) is 75.6 cm³/mol. The normalized spacial score (nSPS) is 24.1. The van der Waals surface area contributed by atoms with E-state index >= 15 is 0 Å². The number of carbonyl (C=O) groups excluding carboxylic acids is 2. The average molecular weight is 272 g/mol. The largest absolute Gasteiger partial charge is 0.340 e. The molecule has 2 amide bonds. The molecule has 5 heteroatoms. The highest BCUT2D eigenvalue weighted by atomic mass is 32.2. The van der Waals surface area contributed by atoms with E-state index in [0.717, 1.165) is 0 Å². The van der Waals surface area contributed by atoms with Crippen LogP contribution in [0.3, 0.4) is 0 Å². The average Bonchev–Trinajstić information content (AvgIpc) is 2.25. The maximum Gasteiger partial charge on any atom is 0.248 e. The summed E-state index contributed by atoms with van der Waals surface area (Å²) < 4.78 is -0.0449. The molecule has 0 aliphatic carbocycles. The summed E-state index contributed by atoms with van der Waals surface area (Å²) >= 11 is 1.71. The first kappa shape index (κ1) is 15.3. The Hall–Kier alpha value is -0.710. The van der Waals surface area contributed by atoms with Gasteiger partial charge in [0.05, 0.1) is 0 Å². The van der Waals surface area contributed by atoms with Crippen molar-refractivity contribution in [1.82, 2.24) is 10.2 Å². The second kappa shape index (κ2) is 5.11. The molecule has 0 saturated carbocycles. The van der Waals surface area contributed by atoms with Crippen LogP contribution in [-0.2, 0) is 9.59 Å². The first-order valence-electron chi connectivity index (χ1n) is 6.33. The van der Waals surface area contributed by atoms with E-state index in [1.54, 1.807) is 30.5 Å². The van der Waals surface area contributed by atoms with Gasteiger partial charge in [-0.1, -0.05) is 6.92 Å². The molecule has 1 atom stereocenters. The fourth-order valence-corrected chi connectivity index (χ4v) is 2.42. The van der Waals surface area contributed by atoms with Crippen LogP contribution in [0.4, 0.5) is 0 Å². The Morgan fingerprint density at radius 1 is 1.39 bits per heavy atom. The van der Waals surface area contributed by atoms with Crippen molar-refractivity contribution in [2.75, 3.05) is 12.8 Å². The van der Waals surface area contributed by atoms with Crippen LogP contribution in [0.2, 0.25) is 0 Å². The monoisotopic (exact) mass is 272 g/mol. The van der Waals surface area contributed by atoms with Gasteiger partial charge in [-0.3, -0.25) is 9.59 Å². The zero-order valence-corrected chi connectivity index (χ0v) is 13.0. The molecule has 1 saturated heterocycles. The van der Waals surface area contributed by atoms with Crippen molar-refractivity contribution >= 4 is 23.6 Å². The maximum absolute atomic E-state index is 12.5. The number of thioether (sulfide) groups is 1. The molecule has 0 aromatic rings. The van der Waals surface area contributed by atoms with Crippen molar-refractivity contribution < 1.29 is 9.59 Å². The van der Waals surface area contributed by atoms with Gasteiger partial charge in [0.15, 0.2) is 0 Å².